The summed E-state index contributed by atoms with van der Waals surface area (Å²) >= 11 is 0. The van der Waals surface area contributed by atoms with E-state index in [4.69, 9.17) is 0 Å². The molecule has 2 heterocycles. The standard InChI is InChI=1S/C29H29N3O.C2H7N/c33-29(23-11-5-2-6-12-23)32-18-16-25(20-26(32)19-22-9-3-1-4-10-22)31-21-24-15-17-30-28-14-8-7-13-27(24)28;1-3-2/h1-15,17,25-26,31H,16,18-21H2;3H,1-2H3/t25-,26+;/m0./s1. The first-order chi connectivity index (χ1) is 17.7. The molecule has 4 aromatic rings. The lowest BCUT2D eigenvalue weighted by atomic mass is 9.91. The van der Waals surface area contributed by atoms with Crippen LogP contribution in [0.3, 0.4) is 0 Å². The summed E-state index contributed by atoms with van der Waals surface area (Å²) in [5.41, 5.74) is 4.34. The number of nitrogens with zero attached hydrogens (tertiary/aromatic N) is 2. The highest BCUT2D eigenvalue weighted by atomic mass is 16.2. The SMILES string of the molecule is CNC.O=C(c1ccccc1)N1CC[C@H](NCc2ccnc3ccccc23)C[C@H]1Cc1ccccc1. The Morgan fingerprint density at radius 3 is 2.33 bits per heavy atom. The third-order valence-electron chi connectivity index (χ3n) is 6.63. The molecule has 5 nitrogen and oxygen atoms in total. The smallest absolute Gasteiger partial charge is 0.254 e. The normalized spacial score (nSPS) is 17.3. The van der Waals surface area contributed by atoms with Gasteiger partial charge in [0.2, 0.25) is 0 Å². The second-order valence-electron chi connectivity index (χ2n) is 9.30. The molecule has 1 aliphatic rings. The van der Waals surface area contributed by atoms with Gasteiger partial charge < -0.3 is 15.5 Å². The summed E-state index contributed by atoms with van der Waals surface area (Å²) in [7, 11) is 3.75. The van der Waals surface area contributed by atoms with Crippen molar-refractivity contribution in [3.8, 4) is 0 Å². The zero-order valence-corrected chi connectivity index (χ0v) is 21.2. The van der Waals surface area contributed by atoms with E-state index in [1.165, 1.54) is 16.5 Å². The Bertz CT molecular complexity index is 1220. The first kappa shape index (κ1) is 25.5. The summed E-state index contributed by atoms with van der Waals surface area (Å²) in [6, 6.07) is 31.1. The van der Waals surface area contributed by atoms with Crippen LogP contribution in [0.15, 0.2) is 97.2 Å². The van der Waals surface area contributed by atoms with Crippen LogP contribution in [0.5, 0.6) is 0 Å². The van der Waals surface area contributed by atoms with E-state index in [0.29, 0.717) is 6.04 Å². The third-order valence-corrected chi connectivity index (χ3v) is 6.63. The number of hydrogen-bond donors (Lipinski definition) is 2. The van der Waals surface area contributed by atoms with Crippen LogP contribution in [0.1, 0.15) is 34.3 Å². The molecule has 0 bridgehead atoms. The number of para-hydroxylation sites is 1. The van der Waals surface area contributed by atoms with Crippen molar-refractivity contribution in [3.63, 3.8) is 0 Å². The van der Waals surface area contributed by atoms with Gasteiger partial charge in [-0.05, 0) is 68.8 Å². The number of carbonyl (C=O) groups is 1. The van der Waals surface area contributed by atoms with Crippen molar-refractivity contribution in [2.75, 3.05) is 20.6 Å². The molecule has 0 unspecified atom stereocenters. The van der Waals surface area contributed by atoms with E-state index in [1.54, 1.807) is 0 Å². The zero-order valence-electron chi connectivity index (χ0n) is 21.2. The van der Waals surface area contributed by atoms with Gasteiger partial charge in [-0.15, -0.1) is 0 Å². The van der Waals surface area contributed by atoms with E-state index in [9.17, 15) is 4.79 Å². The Morgan fingerprint density at radius 2 is 1.58 bits per heavy atom. The van der Waals surface area contributed by atoms with Gasteiger partial charge in [-0.1, -0.05) is 66.7 Å². The molecular formula is C31H36N4O. The Morgan fingerprint density at radius 1 is 0.917 bits per heavy atom. The molecule has 1 fully saturated rings. The molecule has 0 radical (unpaired) electrons. The molecule has 1 aliphatic heterocycles. The lowest BCUT2D eigenvalue weighted by Crippen LogP contribution is -2.51. The number of benzene rings is 3. The number of carbonyl (C=O) groups excluding carboxylic acids is 1. The van der Waals surface area contributed by atoms with Gasteiger partial charge in [0.05, 0.1) is 5.52 Å². The van der Waals surface area contributed by atoms with Gasteiger partial charge >= 0.3 is 0 Å². The topological polar surface area (TPSA) is 57.3 Å². The summed E-state index contributed by atoms with van der Waals surface area (Å²) < 4.78 is 0. The van der Waals surface area contributed by atoms with Crippen molar-refractivity contribution in [1.82, 2.24) is 20.5 Å². The Hall–Kier alpha value is -3.54. The van der Waals surface area contributed by atoms with Crippen molar-refractivity contribution in [3.05, 3.63) is 114 Å². The summed E-state index contributed by atoms with van der Waals surface area (Å²) in [6.07, 6.45) is 4.65. The largest absolute Gasteiger partial charge is 0.335 e. The van der Waals surface area contributed by atoms with E-state index >= 15 is 0 Å². The van der Waals surface area contributed by atoms with Gasteiger partial charge in [0.1, 0.15) is 0 Å². The fraction of sp³-hybridized carbons (Fsp3) is 0.290. The third kappa shape index (κ3) is 6.56. The summed E-state index contributed by atoms with van der Waals surface area (Å²) in [5.74, 6) is 0.134. The maximum atomic E-state index is 13.3. The molecule has 1 aromatic heterocycles. The summed E-state index contributed by atoms with van der Waals surface area (Å²) in [5, 5.41) is 7.73. The lowest BCUT2D eigenvalue weighted by molar-refractivity contribution is 0.0576. The fourth-order valence-electron chi connectivity index (χ4n) is 4.89. The van der Waals surface area contributed by atoms with E-state index in [2.05, 4.69) is 69.0 Å². The average Bonchev–Trinajstić information content (AvgIpc) is 2.93. The Labute approximate surface area is 214 Å². The van der Waals surface area contributed by atoms with Crippen LogP contribution in [0.2, 0.25) is 0 Å². The van der Waals surface area contributed by atoms with Crippen LogP contribution in [-0.4, -0.2) is 48.5 Å². The van der Waals surface area contributed by atoms with Crippen LogP contribution < -0.4 is 10.6 Å². The molecule has 1 saturated heterocycles. The van der Waals surface area contributed by atoms with E-state index in [-0.39, 0.29) is 11.9 Å². The van der Waals surface area contributed by atoms with E-state index in [1.807, 2.05) is 62.8 Å². The van der Waals surface area contributed by atoms with Crippen molar-refractivity contribution >= 4 is 16.8 Å². The molecule has 1 amide bonds. The monoisotopic (exact) mass is 480 g/mol. The van der Waals surface area contributed by atoms with Gasteiger partial charge in [0, 0.05) is 42.3 Å². The second-order valence-corrected chi connectivity index (χ2v) is 9.30. The molecule has 0 saturated carbocycles. The van der Waals surface area contributed by atoms with Gasteiger partial charge in [-0.3, -0.25) is 9.78 Å². The highest BCUT2D eigenvalue weighted by Gasteiger charge is 2.32. The number of hydrogen-bond acceptors (Lipinski definition) is 4. The maximum Gasteiger partial charge on any atom is 0.254 e. The van der Waals surface area contributed by atoms with Crippen LogP contribution in [-0.2, 0) is 13.0 Å². The number of aromatic nitrogens is 1. The van der Waals surface area contributed by atoms with Crippen molar-refractivity contribution < 1.29 is 4.79 Å². The minimum absolute atomic E-state index is 0.134. The van der Waals surface area contributed by atoms with Gasteiger partial charge in [-0.25, -0.2) is 0 Å². The van der Waals surface area contributed by atoms with Crippen molar-refractivity contribution in [1.29, 1.82) is 0 Å². The number of likely N-dealkylation sites (tertiary alicyclic amines) is 1. The first-order valence-electron chi connectivity index (χ1n) is 12.7. The van der Waals surface area contributed by atoms with Crippen molar-refractivity contribution in [2.45, 2.75) is 37.9 Å². The van der Waals surface area contributed by atoms with E-state index < -0.39 is 0 Å². The lowest BCUT2D eigenvalue weighted by Gasteiger charge is -2.40. The maximum absolute atomic E-state index is 13.3. The molecule has 36 heavy (non-hydrogen) atoms. The minimum Gasteiger partial charge on any atom is -0.335 e. The molecule has 5 rings (SSSR count). The second kappa shape index (κ2) is 13.0. The molecular weight excluding hydrogens is 444 g/mol. The number of nitrogens with one attached hydrogen (secondary N) is 2. The molecule has 2 atom stereocenters. The van der Waals surface area contributed by atoms with Crippen LogP contribution in [0.4, 0.5) is 0 Å². The van der Waals surface area contributed by atoms with E-state index in [0.717, 1.165) is 43.4 Å². The van der Waals surface area contributed by atoms with Crippen LogP contribution >= 0.6 is 0 Å². The Balaban J connectivity index is 0.000000967. The van der Waals surface area contributed by atoms with Crippen LogP contribution in [0.25, 0.3) is 10.9 Å². The van der Waals surface area contributed by atoms with Gasteiger partial charge in [-0.2, -0.15) is 0 Å². The average molecular weight is 481 g/mol. The molecule has 3 aromatic carbocycles. The zero-order chi connectivity index (χ0) is 25.2. The quantitative estimate of drug-likeness (QED) is 0.404. The molecule has 5 heteroatoms. The number of amides is 1. The summed E-state index contributed by atoms with van der Waals surface area (Å²) in [4.78, 5) is 19.9. The van der Waals surface area contributed by atoms with Crippen LogP contribution in [0, 0.1) is 0 Å². The molecule has 186 valence electrons. The predicted molar refractivity (Wildman–Crippen MR) is 148 cm³/mol. The first-order valence-corrected chi connectivity index (χ1v) is 12.7. The number of rotatable bonds is 6. The van der Waals surface area contributed by atoms with Crippen molar-refractivity contribution in [2.24, 2.45) is 0 Å². The number of pyridine rings is 1. The number of fused-ring (bicyclic) bond motifs is 1. The predicted octanol–water partition coefficient (Wildman–Crippen LogP) is 5.08. The molecule has 0 aliphatic carbocycles. The highest BCUT2D eigenvalue weighted by Crippen LogP contribution is 2.24. The Kier molecular flexibility index (Phi) is 9.20. The van der Waals surface area contributed by atoms with Gasteiger partial charge in [0.25, 0.3) is 5.91 Å². The minimum atomic E-state index is 0.134. The summed E-state index contributed by atoms with van der Waals surface area (Å²) in [6.45, 7) is 1.57. The molecule has 2 N–H and O–H groups in total. The molecule has 0 spiro atoms. The fourth-order valence-corrected chi connectivity index (χ4v) is 4.89. The van der Waals surface area contributed by atoms with Gasteiger partial charge in [0.15, 0.2) is 0 Å². The number of piperidine rings is 1. The highest BCUT2D eigenvalue weighted by molar-refractivity contribution is 5.94.